The predicted molar refractivity (Wildman–Crippen MR) is 182 cm³/mol. The van der Waals surface area contributed by atoms with Crippen LogP contribution in [0.5, 0.6) is 11.5 Å². The third kappa shape index (κ3) is 9.32. The summed E-state index contributed by atoms with van der Waals surface area (Å²) in [6.45, 7) is 9.08. The molecule has 1 aliphatic rings. The molecule has 1 unspecified atom stereocenters. The van der Waals surface area contributed by atoms with E-state index in [0.717, 1.165) is 10.5 Å². The van der Waals surface area contributed by atoms with Gasteiger partial charge in [-0.2, -0.15) is 0 Å². The molecule has 2 N–H and O–H groups in total. The number of sulfonamides is 1. The molecule has 0 saturated carbocycles. The van der Waals surface area contributed by atoms with Crippen molar-refractivity contribution in [3.63, 3.8) is 0 Å². The smallest absolute Gasteiger partial charge is 0.235 e. The minimum atomic E-state index is -3.78. The number of nitrogens with one attached hydrogen (secondary N) is 1. The number of hydrogen-bond acceptors (Lipinski definition) is 7. The number of hydrogen-bond donors (Lipinski definition) is 2. The Labute approximate surface area is 270 Å². The van der Waals surface area contributed by atoms with Crippen molar-refractivity contribution in [1.82, 2.24) is 9.62 Å². The highest BCUT2D eigenvalue weighted by molar-refractivity contribution is 8.13. The van der Waals surface area contributed by atoms with Crippen LogP contribution in [0, 0.1) is 11.8 Å². The molecule has 244 valence electrons. The van der Waals surface area contributed by atoms with Crippen LogP contribution in [0.1, 0.15) is 33.3 Å². The highest BCUT2D eigenvalue weighted by Gasteiger charge is 2.30. The maximum atomic E-state index is 13.5. The Kier molecular flexibility index (Phi) is 12.1. The third-order valence-electron chi connectivity index (χ3n) is 7.58. The number of amides is 1. The quantitative estimate of drug-likeness (QED) is 0.224. The van der Waals surface area contributed by atoms with E-state index < -0.39 is 44.7 Å². The van der Waals surface area contributed by atoms with Crippen molar-refractivity contribution >= 4 is 37.7 Å². The van der Waals surface area contributed by atoms with Crippen molar-refractivity contribution < 1.29 is 27.8 Å². The number of rotatable bonds is 15. The van der Waals surface area contributed by atoms with Gasteiger partial charge in [-0.25, -0.2) is 12.7 Å². The van der Waals surface area contributed by atoms with E-state index in [1.54, 1.807) is 31.2 Å². The zero-order valence-electron chi connectivity index (χ0n) is 26.6. The topological polar surface area (TPSA) is 108 Å². The molecule has 11 heteroatoms. The monoisotopic (exact) mass is 655 g/mol. The molecule has 3 aromatic carbocycles. The molecule has 9 nitrogen and oxygen atoms in total. The molecule has 45 heavy (non-hydrogen) atoms. The largest absolute Gasteiger partial charge is 0.454 e. The van der Waals surface area contributed by atoms with Crippen LogP contribution in [0.25, 0.3) is 0 Å². The van der Waals surface area contributed by atoms with Gasteiger partial charge in [0.1, 0.15) is 0 Å². The van der Waals surface area contributed by atoms with Gasteiger partial charge in [-0.3, -0.25) is 9.10 Å². The standard InChI is InChI=1S/C34H45N3O6S2/c1-6-44(29-17-18-32-33(20-29)43-24-42-32)37(21-25(2)3)22-31(38)30(19-27-13-9-7-10-14-27)35-34(39)26(4)23-45(40,41)36(5)28-15-11-8-12-16-28/h6-18,20,25-26,30-31,38H,19,21-24H2,1-5H3,(H,35,39)/t26-,30+,31-,44?/m1/s1. The van der Waals surface area contributed by atoms with Crippen molar-refractivity contribution in [2.45, 2.75) is 51.2 Å². The van der Waals surface area contributed by atoms with E-state index in [-0.39, 0.29) is 12.5 Å². The molecule has 4 rings (SSSR count). The molecule has 1 amide bonds. The molecule has 1 heterocycles. The summed E-state index contributed by atoms with van der Waals surface area (Å²) in [6.07, 6.45) is -0.548. The summed E-state index contributed by atoms with van der Waals surface area (Å²) >= 11 is 0. The van der Waals surface area contributed by atoms with Gasteiger partial charge in [0.15, 0.2) is 11.5 Å². The number of ether oxygens (including phenoxy) is 2. The van der Waals surface area contributed by atoms with Crippen LogP contribution in [0.3, 0.4) is 0 Å². The number of carbonyl (C=O) groups excluding carboxylic acids is 1. The van der Waals surface area contributed by atoms with Gasteiger partial charge >= 0.3 is 0 Å². The van der Waals surface area contributed by atoms with Gasteiger partial charge in [-0.05, 0) is 60.5 Å². The van der Waals surface area contributed by atoms with Crippen molar-refractivity contribution in [2.75, 3.05) is 37.0 Å². The van der Waals surface area contributed by atoms with Gasteiger partial charge in [-0.15, -0.1) is 0 Å². The third-order valence-corrected chi connectivity index (χ3v) is 11.6. The van der Waals surface area contributed by atoms with Gasteiger partial charge in [0.05, 0.1) is 29.5 Å². The van der Waals surface area contributed by atoms with Crippen molar-refractivity contribution in [2.24, 2.45) is 11.8 Å². The lowest BCUT2D eigenvalue weighted by Crippen LogP contribution is -2.51. The van der Waals surface area contributed by atoms with E-state index in [9.17, 15) is 18.3 Å². The summed E-state index contributed by atoms with van der Waals surface area (Å²) < 4.78 is 40.9. The van der Waals surface area contributed by atoms with Gasteiger partial charge < -0.3 is 19.9 Å². The number of fused-ring (bicyclic) bond motifs is 1. The van der Waals surface area contributed by atoms with E-state index in [4.69, 9.17) is 9.47 Å². The summed E-state index contributed by atoms with van der Waals surface area (Å²) in [7, 11) is -2.76. The molecular weight excluding hydrogens is 611 g/mol. The van der Waals surface area contributed by atoms with Crippen LogP contribution in [0.4, 0.5) is 5.69 Å². The molecule has 0 spiro atoms. The van der Waals surface area contributed by atoms with E-state index in [0.29, 0.717) is 42.6 Å². The first-order valence-corrected chi connectivity index (χ1v) is 18.0. The van der Waals surface area contributed by atoms with Gasteiger partial charge in [-0.1, -0.05) is 80.0 Å². The Morgan fingerprint density at radius 3 is 2.27 bits per heavy atom. The molecule has 0 radical (unpaired) electrons. The maximum Gasteiger partial charge on any atom is 0.235 e. The average Bonchev–Trinajstić information content (AvgIpc) is 3.49. The summed E-state index contributed by atoms with van der Waals surface area (Å²) in [5.41, 5.74) is 1.48. The molecule has 0 fully saturated rings. The molecule has 4 atom stereocenters. The Hall–Kier alpha value is -3.38. The fraction of sp³-hybridized carbons (Fsp3) is 0.412. The number of anilines is 1. The molecular formula is C34H45N3O6S2. The first kappa shape index (κ1) is 34.5. The molecule has 0 aromatic heterocycles. The van der Waals surface area contributed by atoms with Crippen LogP contribution in [-0.4, -0.2) is 73.9 Å². The highest BCUT2D eigenvalue weighted by Crippen LogP contribution is 2.40. The lowest BCUT2D eigenvalue weighted by Gasteiger charge is -2.33. The molecule has 0 aliphatic carbocycles. The van der Waals surface area contributed by atoms with Crippen LogP contribution in [-0.2, 0) is 21.2 Å². The predicted octanol–water partition coefficient (Wildman–Crippen LogP) is 4.93. The van der Waals surface area contributed by atoms with Gasteiger partial charge in [0.2, 0.25) is 22.7 Å². The molecule has 0 saturated heterocycles. The van der Waals surface area contributed by atoms with Crippen molar-refractivity contribution in [1.29, 1.82) is 0 Å². The minimum absolute atomic E-state index is 0.194. The average molecular weight is 656 g/mol. The number of aliphatic hydroxyl groups is 1. The normalized spacial score (nSPS) is 15.6. The van der Waals surface area contributed by atoms with Gasteiger partial charge in [0, 0.05) is 25.0 Å². The summed E-state index contributed by atoms with van der Waals surface area (Å²) in [5.74, 6) is 0.0996. The Morgan fingerprint density at radius 1 is 0.978 bits per heavy atom. The van der Waals surface area contributed by atoms with E-state index in [1.165, 1.54) is 11.4 Å². The second-order valence-electron chi connectivity index (χ2n) is 11.7. The fourth-order valence-electron chi connectivity index (χ4n) is 5.20. The number of para-hydroxylation sites is 1. The Balaban J connectivity index is 1.53. The maximum absolute atomic E-state index is 13.5. The minimum Gasteiger partial charge on any atom is -0.454 e. The lowest BCUT2D eigenvalue weighted by atomic mass is 10.00. The van der Waals surface area contributed by atoms with Crippen LogP contribution in [0.2, 0.25) is 0 Å². The number of nitrogens with zero attached hydrogens (tertiary/aromatic N) is 2. The number of aliphatic hydroxyl groups excluding tert-OH is 1. The van der Waals surface area contributed by atoms with Crippen LogP contribution < -0.4 is 19.1 Å². The lowest BCUT2D eigenvalue weighted by molar-refractivity contribution is -0.125. The number of benzene rings is 3. The zero-order valence-corrected chi connectivity index (χ0v) is 28.3. The number of carbonyl (C=O) groups is 1. The Morgan fingerprint density at radius 2 is 1.62 bits per heavy atom. The molecule has 0 bridgehead atoms. The highest BCUT2D eigenvalue weighted by atomic mass is 32.2. The van der Waals surface area contributed by atoms with Crippen LogP contribution >= 0.6 is 10.7 Å². The summed E-state index contributed by atoms with van der Waals surface area (Å²) in [4.78, 5) is 14.6. The SMILES string of the molecule is C/C=S(\c1ccc2c(c1)OCO2)N(CC(C)C)C[C@@H](O)[C@H](Cc1ccccc1)NC(=O)[C@H](C)CS(=O)(=O)N(C)c1ccccc1. The van der Waals surface area contributed by atoms with Crippen molar-refractivity contribution in [3.05, 3.63) is 84.4 Å². The first-order chi connectivity index (χ1) is 21.5. The molecule has 3 aromatic rings. The summed E-state index contributed by atoms with van der Waals surface area (Å²) in [6, 6.07) is 23.7. The second-order valence-corrected chi connectivity index (χ2v) is 15.8. The van der Waals surface area contributed by atoms with Gasteiger partial charge in [0.25, 0.3) is 0 Å². The van der Waals surface area contributed by atoms with E-state index >= 15 is 0 Å². The Bertz CT molecular complexity index is 1550. The van der Waals surface area contributed by atoms with Crippen LogP contribution in [0.15, 0.2) is 83.8 Å². The second kappa shape index (κ2) is 15.8. The molecule has 1 aliphatic heterocycles. The van der Waals surface area contributed by atoms with Crippen molar-refractivity contribution in [3.8, 4) is 11.5 Å². The fourth-order valence-corrected chi connectivity index (χ4v) is 8.72. The zero-order chi connectivity index (χ0) is 32.6. The summed E-state index contributed by atoms with van der Waals surface area (Å²) in [5, 5.41) is 16.9. The van der Waals surface area contributed by atoms with E-state index in [2.05, 4.69) is 28.8 Å². The first-order valence-electron chi connectivity index (χ1n) is 15.2. The van der Waals surface area contributed by atoms with E-state index in [1.807, 2.05) is 61.5 Å².